The van der Waals surface area contributed by atoms with Gasteiger partial charge in [0.2, 0.25) is 0 Å². The summed E-state index contributed by atoms with van der Waals surface area (Å²) in [6.45, 7) is 5.40. The summed E-state index contributed by atoms with van der Waals surface area (Å²) in [6, 6.07) is 3.66. The van der Waals surface area contributed by atoms with Crippen LogP contribution in [0.4, 0.5) is 0 Å². The van der Waals surface area contributed by atoms with E-state index in [4.69, 9.17) is 5.73 Å². The summed E-state index contributed by atoms with van der Waals surface area (Å²) in [5.41, 5.74) is 7.70. The fraction of sp³-hybridized carbons (Fsp3) is 0.500. The van der Waals surface area contributed by atoms with E-state index in [1.165, 1.54) is 0 Å². The van der Waals surface area contributed by atoms with Gasteiger partial charge in [-0.05, 0) is 31.9 Å². The molecule has 0 aromatic heterocycles. The van der Waals surface area contributed by atoms with Gasteiger partial charge in [0.05, 0.1) is 16.8 Å². The van der Waals surface area contributed by atoms with Crippen molar-refractivity contribution in [2.45, 2.75) is 31.8 Å². The van der Waals surface area contributed by atoms with Crippen molar-refractivity contribution >= 4 is 9.84 Å². The first kappa shape index (κ1) is 14.2. The van der Waals surface area contributed by atoms with Crippen molar-refractivity contribution in [3.05, 3.63) is 28.8 Å². The molecule has 1 aromatic rings. The molecule has 0 saturated carbocycles. The van der Waals surface area contributed by atoms with Crippen molar-refractivity contribution in [1.29, 1.82) is 0 Å². The van der Waals surface area contributed by atoms with E-state index in [9.17, 15) is 13.5 Å². The Hall–Kier alpha value is -0.910. The first-order valence-corrected chi connectivity index (χ1v) is 7.12. The highest BCUT2D eigenvalue weighted by Crippen LogP contribution is 2.23. The van der Waals surface area contributed by atoms with Crippen molar-refractivity contribution < 1.29 is 13.5 Å². The summed E-state index contributed by atoms with van der Waals surface area (Å²) >= 11 is 0. The molecule has 4 nitrogen and oxygen atoms in total. The second-order valence-electron chi connectivity index (χ2n) is 4.40. The quantitative estimate of drug-likeness (QED) is 0.832. The van der Waals surface area contributed by atoms with Gasteiger partial charge in [-0.1, -0.05) is 17.7 Å². The molecule has 0 saturated heterocycles. The second kappa shape index (κ2) is 5.16. The monoisotopic (exact) mass is 257 g/mol. The molecular weight excluding hydrogens is 238 g/mol. The highest BCUT2D eigenvalue weighted by Gasteiger charge is 2.22. The molecule has 1 unspecified atom stereocenters. The van der Waals surface area contributed by atoms with Crippen LogP contribution < -0.4 is 5.73 Å². The third-order valence-electron chi connectivity index (χ3n) is 2.60. The molecule has 96 valence electrons. The number of benzene rings is 1. The van der Waals surface area contributed by atoms with Crippen LogP contribution in [0.15, 0.2) is 17.0 Å². The Kier molecular flexibility index (Phi) is 4.30. The summed E-state index contributed by atoms with van der Waals surface area (Å²) in [4.78, 5) is 0.315. The second-order valence-corrected chi connectivity index (χ2v) is 6.37. The van der Waals surface area contributed by atoms with Crippen LogP contribution in [0.5, 0.6) is 0 Å². The average molecular weight is 257 g/mol. The lowest BCUT2D eigenvalue weighted by Gasteiger charge is -2.14. The predicted octanol–water partition coefficient (Wildman–Crippen LogP) is 0.705. The molecule has 0 bridgehead atoms. The topological polar surface area (TPSA) is 80.4 Å². The molecule has 1 rings (SSSR count). The lowest BCUT2D eigenvalue weighted by molar-refractivity contribution is 0.205. The molecule has 0 aliphatic carbocycles. The third-order valence-corrected chi connectivity index (χ3v) is 4.69. The van der Waals surface area contributed by atoms with Crippen LogP contribution in [0.25, 0.3) is 0 Å². The molecule has 0 radical (unpaired) electrons. The van der Waals surface area contributed by atoms with Gasteiger partial charge in [0, 0.05) is 6.54 Å². The van der Waals surface area contributed by atoms with Gasteiger partial charge in [-0.2, -0.15) is 0 Å². The van der Waals surface area contributed by atoms with E-state index in [0.29, 0.717) is 16.0 Å². The zero-order chi connectivity index (χ0) is 13.2. The minimum absolute atomic E-state index is 0.0524. The largest absolute Gasteiger partial charge is 0.391 e. The highest BCUT2D eigenvalue weighted by molar-refractivity contribution is 7.91. The fourth-order valence-corrected chi connectivity index (χ4v) is 3.97. The SMILES string of the molecule is Cc1cc(C)c(S(=O)(=O)CC(O)CN)c(C)c1. The predicted molar refractivity (Wildman–Crippen MR) is 67.8 cm³/mol. The summed E-state index contributed by atoms with van der Waals surface area (Å²) < 4.78 is 24.3. The standard InChI is InChI=1S/C12H19NO3S/c1-8-4-9(2)12(10(3)5-8)17(15,16)7-11(14)6-13/h4-5,11,14H,6-7,13H2,1-3H3. The first-order chi connectivity index (χ1) is 7.77. The van der Waals surface area contributed by atoms with Crippen molar-refractivity contribution in [1.82, 2.24) is 0 Å². The Morgan fingerprint density at radius 3 is 2.12 bits per heavy atom. The molecule has 5 heteroatoms. The molecule has 0 heterocycles. The van der Waals surface area contributed by atoms with E-state index in [1.54, 1.807) is 13.8 Å². The minimum atomic E-state index is -3.48. The number of nitrogens with two attached hydrogens (primary N) is 1. The Morgan fingerprint density at radius 1 is 1.24 bits per heavy atom. The summed E-state index contributed by atoms with van der Waals surface area (Å²) in [5, 5.41) is 9.39. The molecule has 0 spiro atoms. The smallest absolute Gasteiger partial charge is 0.181 e. The van der Waals surface area contributed by atoms with Crippen molar-refractivity contribution in [2.24, 2.45) is 5.73 Å². The zero-order valence-electron chi connectivity index (χ0n) is 10.4. The van der Waals surface area contributed by atoms with Crippen LogP contribution in [-0.2, 0) is 9.84 Å². The Bertz CT molecular complexity index is 485. The van der Waals surface area contributed by atoms with Gasteiger partial charge >= 0.3 is 0 Å². The van der Waals surface area contributed by atoms with Crippen molar-refractivity contribution in [3.63, 3.8) is 0 Å². The van der Waals surface area contributed by atoms with Gasteiger partial charge in [0.1, 0.15) is 0 Å². The van der Waals surface area contributed by atoms with E-state index in [-0.39, 0.29) is 12.3 Å². The van der Waals surface area contributed by atoms with E-state index >= 15 is 0 Å². The van der Waals surface area contributed by atoms with Gasteiger partial charge in [-0.25, -0.2) is 8.42 Å². The van der Waals surface area contributed by atoms with Gasteiger partial charge in [0.15, 0.2) is 9.84 Å². The van der Waals surface area contributed by atoms with E-state index in [1.807, 2.05) is 19.1 Å². The van der Waals surface area contributed by atoms with Crippen LogP contribution >= 0.6 is 0 Å². The fourth-order valence-electron chi connectivity index (χ4n) is 2.06. The van der Waals surface area contributed by atoms with Gasteiger partial charge in [-0.3, -0.25) is 0 Å². The Labute approximate surface area is 102 Å². The van der Waals surface area contributed by atoms with Gasteiger partial charge in [0.25, 0.3) is 0 Å². The summed E-state index contributed by atoms with van der Waals surface area (Å²) in [6.07, 6.45) is -1.01. The van der Waals surface area contributed by atoms with Crippen molar-refractivity contribution in [3.8, 4) is 0 Å². The average Bonchev–Trinajstić information content (AvgIpc) is 2.14. The van der Waals surface area contributed by atoms with Gasteiger partial charge < -0.3 is 10.8 Å². The molecular formula is C12H19NO3S. The van der Waals surface area contributed by atoms with Crippen LogP contribution in [0.2, 0.25) is 0 Å². The molecule has 0 aliphatic rings. The maximum Gasteiger partial charge on any atom is 0.181 e. The normalized spacial score (nSPS) is 13.7. The van der Waals surface area contributed by atoms with E-state index in [2.05, 4.69) is 0 Å². The lowest BCUT2D eigenvalue weighted by Crippen LogP contribution is -2.29. The summed E-state index contributed by atoms with van der Waals surface area (Å²) in [7, 11) is -3.48. The maximum atomic E-state index is 12.1. The number of sulfone groups is 1. The number of rotatable bonds is 4. The van der Waals surface area contributed by atoms with Gasteiger partial charge in [-0.15, -0.1) is 0 Å². The third kappa shape index (κ3) is 3.28. The van der Waals surface area contributed by atoms with E-state index in [0.717, 1.165) is 5.56 Å². The first-order valence-electron chi connectivity index (χ1n) is 5.46. The lowest BCUT2D eigenvalue weighted by atomic mass is 10.1. The Balaban J connectivity index is 3.25. The number of aliphatic hydroxyl groups is 1. The van der Waals surface area contributed by atoms with E-state index < -0.39 is 15.9 Å². The zero-order valence-corrected chi connectivity index (χ0v) is 11.2. The molecule has 17 heavy (non-hydrogen) atoms. The maximum absolute atomic E-state index is 12.1. The molecule has 0 amide bonds. The molecule has 1 aromatic carbocycles. The number of hydrogen-bond acceptors (Lipinski definition) is 4. The minimum Gasteiger partial charge on any atom is -0.391 e. The highest BCUT2D eigenvalue weighted by atomic mass is 32.2. The van der Waals surface area contributed by atoms with Crippen LogP contribution in [-0.4, -0.2) is 31.9 Å². The molecule has 3 N–H and O–H groups in total. The van der Waals surface area contributed by atoms with Crippen LogP contribution in [0.3, 0.4) is 0 Å². The Morgan fingerprint density at radius 2 is 1.71 bits per heavy atom. The molecule has 0 aliphatic heterocycles. The number of aryl methyl sites for hydroxylation is 3. The van der Waals surface area contributed by atoms with Crippen molar-refractivity contribution in [2.75, 3.05) is 12.3 Å². The van der Waals surface area contributed by atoms with Crippen LogP contribution in [0, 0.1) is 20.8 Å². The number of aliphatic hydroxyl groups excluding tert-OH is 1. The molecule has 1 atom stereocenters. The number of hydrogen-bond donors (Lipinski definition) is 2. The van der Waals surface area contributed by atoms with Crippen LogP contribution in [0.1, 0.15) is 16.7 Å². The molecule has 0 fully saturated rings. The summed E-state index contributed by atoms with van der Waals surface area (Å²) in [5.74, 6) is -0.325.